The second-order valence-corrected chi connectivity index (χ2v) is 4.58. The highest BCUT2D eigenvalue weighted by atomic mass is 35.5. The van der Waals surface area contributed by atoms with Crippen molar-refractivity contribution in [3.05, 3.63) is 34.9 Å². The lowest BCUT2D eigenvalue weighted by Gasteiger charge is -2.19. The average Bonchev–Trinajstić information content (AvgIpc) is 2.28. The van der Waals surface area contributed by atoms with Crippen LogP contribution in [0.4, 0.5) is 0 Å². The molecule has 0 aliphatic heterocycles. The summed E-state index contributed by atoms with van der Waals surface area (Å²) in [5.41, 5.74) is 0.850. The van der Waals surface area contributed by atoms with Gasteiger partial charge in [-0.2, -0.15) is 0 Å². The Kier molecular flexibility index (Phi) is 5.16. The number of rotatable bonds is 4. The molecule has 0 saturated carbocycles. The average molecular weight is 269 g/mol. The number of halogens is 1. The molecule has 2 unspecified atom stereocenters. The number of benzene rings is 1. The van der Waals surface area contributed by atoms with Crippen LogP contribution in [-0.2, 0) is 9.59 Å². The van der Waals surface area contributed by atoms with Crippen LogP contribution in [-0.4, -0.2) is 17.9 Å². The molecule has 4 nitrogen and oxygen atoms in total. The molecule has 0 saturated heterocycles. The van der Waals surface area contributed by atoms with E-state index >= 15 is 0 Å². The molecular weight excluding hydrogens is 252 g/mol. The largest absolute Gasteiger partial charge is 0.348 e. The molecule has 5 heteroatoms. The zero-order valence-electron chi connectivity index (χ0n) is 10.7. The van der Waals surface area contributed by atoms with Gasteiger partial charge in [-0.15, -0.1) is 0 Å². The lowest BCUT2D eigenvalue weighted by atomic mass is 10.1. The number of nitrogens with one attached hydrogen (secondary N) is 2. The zero-order valence-corrected chi connectivity index (χ0v) is 11.4. The number of carbonyl (C=O) groups is 2. The van der Waals surface area contributed by atoms with E-state index in [2.05, 4.69) is 10.6 Å². The highest BCUT2D eigenvalue weighted by Crippen LogP contribution is 2.21. The molecule has 1 aromatic carbocycles. The van der Waals surface area contributed by atoms with Gasteiger partial charge in [-0.25, -0.2) is 0 Å². The molecule has 0 bridgehead atoms. The van der Waals surface area contributed by atoms with Crippen molar-refractivity contribution in [3.63, 3.8) is 0 Å². The van der Waals surface area contributed by atoms with Crippen LogP contribution in [0.25, 0.3) is 0 Å². The van der Waals surface area contributed by atoms with Crippen molar-refractivity contribution in [1.29, 1.82) is 0 Å². The lowest BCUT2D eigenvalue weighted by molar-refractivity contribution is -0.128. The first-order valence-electron chi connectivity index (χ1n) is 5.73. The summed E-state index contributed by atoms with van der Waals surface area (Å²) < 4.78 is 0. The van der Waals surface area contributed by atoms with Gasteiger partial charge in [0.1, 0.15) is 6.04 Å². The van der Waals surface area contributed by atoms with Crippen molar-refractivity contribution in [2.75, 3.05) is 0 Å². The molecular formula is C13H17ClN2O2. The third kappa shape index (κ3) is 4.04. The predicted molar refractivity (Wildman–Crippen MR) is 71.3 cm³/mol. The Labute approximate surface area is 112 Å². The number of amides is 2. The van der Waals surface area contributed by atoms with Gasteiger partial charge in [0.15, 0.2) is 0 Å². The van der Waals surface area contributed by atoms with Crippen molar-refractivity contribution >= 4 is 23.4 Å². The van der Waals surface area contributed by atoms with Gasteiger partial charge < -0.3 is 10.6 Å². The zero-order chi connectivity index (χ0) is 13.7. The van der Waals surface area contributed by atoms with Gasteiger partial charge in [-0.1, -0.05) is 29.8 Å². The minimum absolute atomic E-state index is 0.206. The fourth-order valence-electron chi connectivity index (χ4n) is 1.61. The third-order valence-electron chi connectivity index (χ3n) is 2.54. The molecule has 0 heterocycles. The standard InChI is InChI=1S/C13H17ClN2O2/c1-8(11-6-4-5-7-12(11)14)16-13(18)9(2)15-10(3)17/h4-9H,1-3H3,(H,15,17)(H,16,18). The van der Waals surface area contributed by atoms with E-state index in [0.717, 1.165) is 5.56 Å². The Morgan fingerprint density at radius 3 is 2.33 bits per heavy atom. The molecule has 0 aliphatic carbocycles. The normalized spacial score (nSPS) is 13.6. The fraction of sp³-hybridized carbons (Fsp3) is 0.385. The summed E-state index contributed by atoms with van der Waals surface area (Å²) in [7, 11) is 0. The molecule has 0 spiro atoms. The van der Waals surface area contributed by atoms with Crippen LogP contribution in [0.3, 0.4) is 0 Å². The third-order valence-corrected chi connectivity index (χ3v) is 2.89. The molecule has 2 N–H and O–H groups in total. The molecule has 18 heavy (non-hydrogen) atoms. The van der Waals surface area contributed by atoms with E-state index < -0.39 is 6.04 Å². The van der Waals surface area contributed by atoms with Crippen LogP contribution in [0.2, 0.25) is 5.02 Å². The SMILES string of the molecule is CC(=O)NC(C)C(=O)NC(C)c1ccccc1Cl. The summed E-state index contributed by atoms with van der Waals surface area (Å²) in [6, 6.07) is 6.56. The fourth-order valence-corrected chi connectivity index (χ4v) is 1.91. The first kappa shape index (κ1) is 14.5. The van der Waals surface area contributed by atoms with Crippen molar-refractivity contribution in [2.24, 2.45) is 0 Å². The number of hydrogen-bond acceptors (Lipinski definition) is 2. The summed E-state index contributed by atoms with van der Waals surface area (Å²) >= 11 is 6.05. The second-order valence-electron chi connectivity index (χ2n) is 4.17. The van der Waals surface area contributed by atoms with Gasteiger partial charge >= 0.3 is 0 Å². The smallest absolute Gasteiger partial charge is 0.242 e. The molecule has 2 amide bonds. The predicted octanol–water partition coefficient (Wildman–Crippen LogP) is 2.04. The van der Waals surface area contributed by atoms with E-state index in [4.69, 9.17) is 11.6 Å². The Morgan fingerprint density at radius 1 is 1.17 bits per heavy atom. The maximum absolute atomic E-state index is 11.8. The molecule has 1 rings (SSSR count). The van der Waals surface area contributed by atoms with Crippen LogP contribution in [0.1, 0.15) is 32.4 Å². The summed E-state index contributed by atoms with van der Waals surface area (Å²) in [5, 5.41) is 5.94. The summed E-state index contributed by atoms with van der Waals surface area (Å²) in [6.07, 6.45) is 0. The Balaban J connectivity index is 2.65. The van der Waals surface area contributed by atoms with Gasteiger partial charge in [0.25, 0.3) is 0 Å². The Morgan fingerprint density at radius 2 is 1.78 bits per heavy atom. The highest BCUT2D eigenvalue weighted by Gasteiger charge is 2.17. The molecule has 0 aliphatic rings. The van der Waals surface area contributed by atoms with Crippen molar-refractivity contribution in [1.82, 2.24) is 10.6 Å². The van der Waals surface area contributed by atoms with E-state index in [1.165, 1.54) is 6.92 Å². The van der Waals surface area contributed by atoms with E-state index in [0.29, 0.717) is 5.02 Å². The van der Waals surface area contributed by atoms with E-state index in [9.17, 15) is 9.59 Å². The van der Waals surface area contributed by atoms with Crippen LogP contribution >= 0.6 is 11.6 Å². The Hall–Kier alpha value is -1.55. The van der Waals surface area contributed by atoms with Crippen LogP contribution in [0, 0.1) is 0 Å². The van der Waals surface area contributed by atoms with Gasteiger partial charge in [0.05, 0.1) is 6.04 Å². The monoisotopic (exact) mass is 268 g/mol. The number of carbonyl (C=O) groups excluding carboxylic acids is 2. The van der Waals surface area contributed by atoms with Crippen molar-refractivity contribution in [3.8, 4) is 0 Å². The molecule has 0 aromatic heterocycles. The van der Waals surface area contributed by atoms with Crippen LogP contribution in [0.5, 0.6) is 0 Å². The molecule has 0 radical (unpaired) electrons. The van der Waals surface area contributed by atoms with Gasteiger partial charge in [-0.3, -0.25) is 9.59 Å². The minimum Gasteiger partial charge on any atom is -0.348 e. The topological polar surface area (TPSA) is 58.2 Å². The first-order chi connectivity index (χ1) is 8.41. The second kappa shape index (κ2) is 6.40. The minimum atomic E-state index is -0.563. The maximum atomic E-state index is 11.8. The quantitative estimate of drug-likeness (QED) is 0.878. The van der Waals surface area contributed by atoms with Crippen LogP contribution < -0.4 is 10.6 Å². The first-order valence-corrected chi connectivity index (χ1v) is 6.11. The maximum Gasteiger partial charge on any atom is 0.242 e. The van der Waals surface area contributed by atoms with Crippen molar-refractivity contribution in [2.45, 2.75) is 32.9 Å². The molecule has 2 atom stereocenters. The summed E-state index contributed by atoms with van der Waals surface area (Å²) in [6.45, 7) is 4.86. The van der Waals surface area contributed by atoms with Gasteiger partial charge in [0.2, 0.25) is 11.8 Å². The Bertz CT molecular complexity index is 448. The molecule has 0 fully saturated rings. The number of hydrogen-bond donors (Lipinski definition) is 2. The van der Waals surface area contributed by atoms with Crippen LogP contribution in [0.15, 0.2) is 24.3 Å². The molecule has 1 aromatic rings. The summed E-state index contributed by atoms with van der Waals surface area (Å²) in [4.78, 5) is 22.7. The van der Waals surface area contributed by atoms with E-state index in [-0.39, 0.29) is 17.9 Å². The van der Waals surface area contributed by atoms with Gasteiger partial charge in [-0.05, 0) is 25.5 Å². The van der Waals surface area contributed by atoms with Crippen molar-refractivity contribution < 1.29 is 9.59 Å². The summed E-state index contributed by atoms with van der Waals surface area (Å²) in [5.74, 6) is -0.472. The van der Waals surface area contributed by atoms with Gasteiger partial charge in [0, 0.05) is 11.9 Å². The lowest BCUT2D eigenvalue weighted by Crippen LogP contribution is -2.44. The highest BCUT2D eigenvalue weighted by molar-refractivity contribution is 6.31. The molecule has 98 valence electrons. The van der Waals surface area contributed by atoms with E-state index in [1.54, 1.807) is 13.0 Å². The van der Waals surface area contributed by atoms with E-state index in [1.807, 2.05) is 25.1 Å².